The van der Waals surface area contributed by atoms with Gasteiger partial charge >= 0.3 is 0 Å². The molecule has 3 aromatic carbocycles. The van der Waals surface area contributed by atoms with Crippen LogP contribution in [0.5, 0.6) is 0 Å². The van der Waals surface area contributed by atoms with Crippen LogP contribution < -0.4 is 9.62 Å². The van der Waals surface area contributed by atoms with Crippen LogP contribution in [0, 0.1) is 0 Å². The molecule has 0 radical (unpaired) electrons. The SMILES string of the molecule is O=C(Nc1ccc2c(c1)N(S(=O)(=O)c1ccccc1)CCC2)c1ccc(S(=O)(=O)N2CCCCC2)cc1. The Bertz CT molecular complexity index is 1500. The van der Waals surface area contributed by atoms with Crippen LogP contribution in [0.1, 0.15) is 41.6 Å². The molecule has 0 bridgehead atoms. The first-order chi connectivity index (χ1) is 17.8. The van der Waals surface area contributed by atoms with E-state index in [1.165, 1.54) is 32.9 Å². The van der Waals surface area contributed by atoms with E-state index in [2.05, 4.69) is 5.32 Å². The zero-order valence-corrected chi connectivity index (χ0v) is 22.0. The number of benzene rings is 3. The van der Waals surface area contributed by atoms with Crippen molar-refractivity contribution in [2.75, 3.05) is 29.3 Å². The van der Waals surface area contributed by atoms with E-state index in [9.17, 15) is 21.6 Å². The van der Waals surface area contributed by atoms with Crippen molar-refractivity contribution in [3.63, 3.8) is 0 Å². The van der Waals surface area contributed by atoms with E-state index in [0.717, 1.165) is 31.2 Å². The van der Waals surface area contributed by atoms with Crippen LogP contribution in [0.2, 0.25) is 0 Å². The molecule has 5 rings (SSSR count). The van der Waals surface area contributed by atoms with Gasteiger partial charge in [-0.3, -0.25) is 9.10 Å². The normalized spacial score (nSPS) is 16.7. The van der Waals surface area contributed by atoms with Gasteiger partial charge in [0.15, 0.2) is 0 Å². The van der Waals surface area contributed by atoms with E-state index in [0.29, 0.717) is 43.0 Å². The standard InChI is InChI=1S/C27H29N3O5S2/c31-27(22-12-15-25(16-13-22)36(32,33)29-17-5-2-6-18-29)28-23-14-11-21-8-7-19-30(26(21)20-23)37(34,35)24-9-3-1-4-10-24/h1,3-4,9-16,20H,2,5-8,17-19H2,(H,28,31). The maximum atomic E-state index is 13.3. The largest absolute Gasteiger partial charge is 0.322 e. The third-order valence-electron chi connectivity index (χ3n) is 6.82. The molecule has 194 valence electrons. The highest BCUT2D eigenvalue weighted by atomic mass is 32.2. The van der Waals surface area contributed by atoms with Crippen LogP contribution in [0.3, 0.4) is 0 Å². The first-order valence-corrected chi connectivity index (χ1v) is 15.3. The van der Waals surface area contributed by atoms with Crippen molar-refractivity contribution < 1.29 is 21.6 Å². The van der Waals surface area contributed by atoms with Gasteiger partial charge in [0.25, 0.3) is 15.9 Å². The van der Waals surface area contributed by atoms with Gasteiger partial charge in [-0.2, -0.15) is 4.31 Å². The fraction of sp³-hybridized carbons (Fsp3) is 0.296. The summed E-state index contributed by atoms with van der Waals surface area (Å²) >= 11 is 0. The molecule has 1 fully saturated rings. The number of nitrogens with zero attached hydrogens (tertiary/aromatic N) is 2. The molecular weight excluding hydrogens is 510 g/mol. The monoisotopic (exact) mass is 539 g/mol. The summed E-state index contributed by atoms with van der Waals surface area (Å²) < 4.78 is 55.3. The minimum atomic E-state index is -3.74. The lowest BCUT2D eigenvalue weighted by molar-refractivity contribution is 0.102. The van der Waals surface area contributed by atoms with E-state index >= 15 is 0 Å². The zero-order valence-electron chi connectivity index (χ0n) is 20.3. The van der Waals surface area contributed by atoms with E-state index in [1.807, 2.05) is 6.07 Å². The molecule has 0 atom stereocenters. The van der Waals surface area contributed by atoms with Crippen molar-refractivity contribution in [3.8, 4) is 0 Å². The molecule has 2 aliphatic rings. The maximum Gasteiger partial charge on any atom is 0.264 e. The number of fused-ring (bicyclic) bond motifs is 1. The molecular formula is C27H29N3O5S2. The highest BCUT2D eigenvalue weighted by Crippen LogP contribution is 2.34. The van der Waals surface area contributed by atoms with Gasteiger partial charge in [-0.1, -0.05) is 30.7 Å². The lowest BCUT2D eigenvalue weighted by atomic mass is 10.0. The number of anilines is 2. The highest BCUT2D eigenvalue weighted by molar-refractivity contribution is 7.92. The summed E-state index contributed by atoms with van der Waals surface area (Å²) in [5.74, 6) is -0.407. The van der Waals surface area contributed by atoms with Gasteiger partial charge in [0.2, 0.25) is 10.0 Å². The van der Waals surface area contributed by atoms with Gasteiger partial charge < -0.3 is 5.32 Å². The molecule has 2 heterocycles. The smallest absolute Gasteiger partial charge is 0.264 e. The number of amides is 1. The fourth-order valence-electron chi connectivity index (χ4n) is 4.82. The average Bonchev–Trinajstić information content (AvgIpc) is 2.93. The fourth-order valence-corrected chi connectivity index (χ4v) is 7.89. The van der Waals surface area contributed by atoms with Gasteiger partial charge in [0, 0.05) is 30.9 Å². The molecule has 3 aromatic rings. The number of aryl methyl sites for hydroxylation is 1. The molecule has 0 spiro atoms. The third-order valence-corrected chi connectivity index (χ3v) is 10.6. The molecule has 0 unspecified atom stereocenters. The molecule has 37 heavy (non-hydrogen) atoms. The number of carbonyl (C=O) groups excluding carboxylic acids is 1. The molecule has 8 nitrogen and oxygen atoms in total. The van der Waals surface area contributed by atoms with E-state index in [4.69, 9.17) is 0 Å². The minimum Gasteiger partial charge on any atom is -0.322 e. The number of rotatable bonds is 6. The molecule has 0 saturated carbocycles. The Balaban J connectivity index is 1.35. The zero-order chi connectivity index (χ0) is 26.0. The predicted octanol–water partition coefficient (Wildman–Crippen LogP) is 4.26. The van der Waals surface area contributed by atoms with E-state index in [1.54, 1.807) is 42.5 Å². The number of piperidine rings is 1. The summed E-state index contributed by atoms with van der Waals surface area (Å²) in [7, 11) is -7.32. The van der Waals surface area contributed by atoms with Gasteiger partial charge in [0.1, 0.15) is 0 Å². The van der Waals surface area contributed by atoms with Crippen molar-refractivity contribution in [2.24, 2.45) is 0 Å². The summed E-state index contributed by atoms with van der Waals surface area (Å²) in [6, 6.07) is 19.5. The molecule has 0 aliphatic carbocycles. The van der Waals surface area contributed by atoms with Crippen molar-refractivity contribution in [1.82, 2.24) is 4.31 Å². The van der Waals surface area contributed by atoms with Gasteiger partial charge in [0.05, 0.1) is 15.5 Å². The second-order valence-corrected chi connectivity index (χ2v) is 13.1. The Morgan fingerprint density at radius 3 is 2.08 bits per heavy atom. The lowest BCUT2D eigenvalue weighted by Gasteiger charge is -2.31. The van der Waals surface area contributed by atoms with E-state index in [-0.39, 0.29) is 9.79 Å². The first kappa shape index (κ1) is 25.4. The van der Waals surface area contributed by atoms with Crippen molar-refractivity contribution in [3.05, 3.63) is 83.9 Å². The second kappa shape index (κ2) is 10.3. The van der Waals surface area contributed by atoms with Crippen molar-refractivity contribution >= 4 is 37.3 Å². The number of nitrogens with one attached hydrogen (secondary N) is 1. The molecule has 1 amide bonds. The van der Waals surface area contributed by atoms with Crippen LogP contribution in [-0.2, 0) is 26.5 Å². The van der Waals surface area contributed by atoms with Crippen LogP contribution in [-0.4, -0.2) is 46.7 Å². The van der Waals surface area contributed by atoms with E-state index < -0.39 is 26.0 Å². The number of sulfonamides is 2. The van der Waals surface area contributed by atoms with Crippen molar-refractivity contribution in [2.45, 2.75) is 41.9 Å². The minimum absolute atomic E-state index is 0.168. The summed E-state index contributed by atoms with van der Waals surface area (Å²) in [6.07, 6.45) is 4.19. The highest BCUT2D eigenvalue weighted by Gasteiger charge is 2.30. The number of hydrogen-bond acceptors (Lipinski definition) is 5. The quantitative estimate of drug-likeness (QED) is 0.504. The van der Waals surface area contributed by atoms with Crippen LogP contribution >= 0.6 is 0 Å². The first-order valence-electron chi connectivity index (χ1n) is 12.4. The van der Waals surface area contributed by atoms with Crippen LogP contribution in [0.4, 0.5) is 11.4 Å². The topological polar surface area (TPSA) is 104 Å². The van der Waals surface area contributed by atoms with Crippen molar-refractivity contribution in [1.29, 1.82) is 0 Å². The Hall–Kier alpha value is -3.21. The predicted molar refractivity (Wildman–Crippen MR) is 143 cm³/mol. The average molecular weight is 540 g/mol. The van der Waals surface area contributed by atoms with Crippen LogP contribution in [0.15, 0.2) is 82.6 Å². The van der Waals surface area contributed by atoms with Gasteiger partial charge in [-0.15, -0.1) is 0 Å². The molecule has 0 aromatic heterocycles. The Morgan fingerprint density at radius 2 is 1.38 bits per heavy atom. The summed E-state index contributed by atoms with van der Waals surface area (Å²) in [6.45, 7) is 1.38. The molecule has 10 heteroatoms. The number of hydrogen-bond donors (Lipinski definition) is 1. The number of carbonyl (C=O) groups is 1. The summed E-state index contributed by atoms with van der Waals surface area (Å²) in [5.41, 5.74) is 2.22. The maximum absolute atomic E-state index is 13.3. The van der Waals surface area contributed by atoms with Gasteiger partial charge in [-0.05, 0) is 79.8 Å². The Morgan fingerprint density at radius 1 is 0.703 bits per heavy atom. The lowest BCUT2D eigenvalue weighted by Crippen LogP contribution is -2.35. The summed E-state index contributed by atoms with van der Waals surface area (Å²) in [4.78, 5) is 13.3. The molecule has 1 N–H and O–H groups in total. The Kier molecular flexibility index (Phi) is 7.06. The second-order valence-electron chi connectivity index (χ2n) is 9.28. The third kappa shape index (κ3) is 5.14. The molecule has 1 saturated heterocycles. The van der Waals surface area contributed by atoms with Gasteiger partial charge in [-0.25, -0.2) is 16.8 Å². The van der Waals surface area contributed by atoms with Crippen LogP contribution in [0.25, 0.3) is 0 Å². The molecule has 2 aliphatic heterocycles. The summed E-state index contributed by atoms with van der Waals surface area (Å²) in [5, 5.41) is 2.82. The Labute approximate surface area is 218 Å².